The van der Waals surface area contributed by atoms with Gasteiger partial charge in [-0.15, -0.1) is 12.6 Å². The first-order valence-electron chi connectivity index (χ1n) is 6.19. The second-order valence-electron chi connectivity index (χ2n) is 4.50. The van der Waals surface area contributed by atoms with Gasteiger partial charge in [-0.3, -0.25) is 4.55 Å². The largest absolute Gasteiger partial charge is 0.522 e. The molecule has 0 radical (unpaired) electrons. The van der Waals surface area contributed by atoms with Gasteiger partial charge in [0, 0.05) is 15.7 Å². The number of alkyl halides is 3. The number of hydrogen-bond donors (Lipinski definition) is 2. The Labute approximate surface area is 145 Å². The third-order valence-corrected chi connectivity index (χ3v) is 4.25. The van der Waals surface area contributed by atoms with Crippen molar-refractivity contribution in [3.05, 3.63) is 47.0 Å². The summed E-state index contributed by atoms with van der Waals surface area (Å²) < 4.78 is 64.2. The second-order valence-corrected chi connectivity index (χ2v) is 6.81. The van der Waals surface area contributed by atoms with E-state index in [2.05, 4.69) is 12.6 Å². The number of hydrogen-bond acceptors (Lipinski definition) is 5. The van der Waals surface area contributed by atoms with Crippen molar-refractivity contribution in [3.8, 4) is 0 Å². The molecule has 128 valence electrons. The van der Waals surface area contributed by atoms with Gasteiger partial charge in [-0.2, -0.15) is 21.6 Å². The summed E-state index contributed by atoms with van der Waals surface area (Å²) in [5, 5.41) is 1.92. The van der Waals surface area contributed by atoms with E-state index in [1.165, 1.54) is 0 Å². The van der Waals surface area contributed by atoms with Crippen molar-refractivity contribution in [2.45, 2.75) is 10.4 Å². The molecule has 2 aromatic carbocycles. The van der Waals surface area contributed by atoms with E-state index in [4.69, 9.17) is 29.6 Å². The van der Waals surface area contributed by atoms with Gasteiger partial charge in [-0.05, 0) is 24.3 Å². The van der Waals surface area contributed by atoms with E-state index in [0.29, 0.717) is 0 Å². The molecule has 10 heteroatoms. The van der Waals surface area contributed by atoms with Crippen LogP contribution >= 0.6 is 24.8 Å². The highest BCUT2D eigenvalue weighted by Gasteiger charge is 2.44. The maximum atomic E-state index is 10.7. The lowest BCUT2D eigenvalue weighted by Gasteiger charge is -2.03. The molecule has 0 saturated heterocycles. The van der Waals surface area contributed by atoms with Crippen LogP contribution in [0.15, 0.2) is 51.8 Å². The fraction of sp³-hybridized carbons (Fsp3) is 0.0714. The van der Waals surface area contributed by atoms with Crippen LogP contribution in [0.2, 0.25) is 0 Å². The van der Waals surface area contributed by atoms with E-state index >= 15 is 0 Å². The van der Waals surface area contributed by atoms with Gasteiger partial charge in [0.15, 0.2) is 0 Å². The lowest BCUT2D eigenvalue weighted by molar-refractivity contribution is -0.0510. The number of fused-ring (bicyclic) bond motifs is 2. The van der Waals surface area contributed by atoms with Gasteiger partial charge >= 0.3 is 15.6 Å². The summed E-state index contributed by atoms with van der Waals surface area (Å²) in [6.45, 7) is 0. The topological polar surface area (TPSA) is 67.5 Å². The summed E-state index contributed by atoms with van der Waals surface area (Å²) in [6.07, 6.45) is 0. The van der Waals surface area contributed by atoms with E-state index in [0.717, 1.165) is 31.3 Å². The summed E-state index contributed by atoms with van der Waals surface area (Å²) in [5.41, 5.74) is -3.97. The van der Waals surface area contributed by atoms with Gasteiger partial charge < -0.3 is 4.42 Å². The van der Waals surface area contributed by atoms with E-state index in [9.17, 15) is 13.2 Å². The van der Waals surface area contributed by atoms with Crippen LogP contribution in [-0.4, -0.2) is 18.5 Å². The lowest BCUT2D eigenvalue weighted by atomic mass is 10.1. The summed E-state index contributed by atoms with van der Waals surface area (Å²) in [4.78, 5) is 0.814. The van der Waals surface area contributed by atoms with E-state index < -0.39 is 15.6 Å². The molecular formula is C14H9F3O4S3. The molecular weight excluding hydrogens is 385 g/mol. The molecule has 0 atom stereocenters. The normalized spacial score (nSPS) is 12.0. The molecule has 0 saturated carbocycles. The fourth-order valence-electron chi connectivity index (χ4n) is 1.81. The van der Waals surface area contributed by atoms with Crippen LogP contribution in [0.1, 0.15) is 0 Å². The van der Waals surface area contributed by atoms with Gasteiger partial charge in [0.2, 0.25) is 0 Å². The van der Waals surface area contributed by atoms with Crippen molar-refractivity contribution in [2.24, 2.45) is 0 Å². The predicted octanol–water partition coefficient (Wildman–Crippen LogP) is 5.00. The third-order valence-electron chi connectivity index (χ3n) is 2.88. The molecule has 0 aliphatic rings. The molecule has 3 rings (SSSR count). The SMILES string of the molecule is O=S(=O)(O)C(F)(F)F.S=c1c2ccccc2oc2c(S)cccc12. The van der Waals surface area contributed by atoms with Crippen molar-refractivity contribution < 1.29 is 30.6 Å². The second kappa shape index (κ2) is 6.71. The highest BCUT2D eigenvalue weighted by Crippen LogP contribution is 2.28. The maximum absolute atomic E-state index is 10.7. The van der Waals surface area contributed by atoms with Gasteiger partial charge in [0.1, 0.15) is 11.2 Å². The minimum absolute atomic E-state index is 0.759. The molecule has 0 amide bonds. The zero-order valence-electron chi connectivity index (χ0n) is 11.6. The first-order valence-corrected chi connectivity index (χ1v) is 8.49. The third kappa shape index (κ3) is 3.89. The molecule has 3 aromatic rings. The Hall–Kier alpha value is -1.62. The maximum Gasteiger partial charge on any atom is 0.522 e. The zero-order valence-corrected chi connectivity index (χ0v) is 14.1. The van der Waals surface area contributed by atoms with Crippen LogP contribution in [-0.2, 0) is 10.1 Å². The van der Waals surface area contributed by atoms with E-state index in [1.54, 1.807) is 0 Å². The molecule has 1 heterocycles. The Morgan fingerprint density at radius 2 is 1.58 bits per heavy atom. The van der Waals surface area contributed by atoms with Crippen molar-refractivity contribution in [1.29, 1.82) is 0 Å². The van der Waals surface area contributed by atoms with Crippen molar-refractivity contribution in [3.63, 3.8) is 0 Å². The first-order chi connectivity index (χ1) is 11.0. The lowest BCUT2D eigenvalue weighted by Crippen LogP contribution is -2.21. The average Bonchev–Trinajstić information content (AvgIpc) is 2.47. The standard InChI is InChI=1S/C13H8OS2.CHF3O3S/c15-11-7-3-5-9-12(11)14-10-6-2-1-4-8(10)13(9)16;2-1(3,4)8(5,6)7/h1-7,15H;(H,5,6,7). The summed E-state index contributed by atoms with van der Waals surface area (Å²) in [5.74, 6) is 0. The molecule has 24 heavy (non-hydrogen) atoms. The molecule has 1 aromatic heterocycles. The highest BCUT2D eigenvalue weighted by atomic mass is 32.2. The van der Waals surface area contributed by atoms with Gasteiger partial charge in [-0.25, -0.2) is 0 Å². The fourth-order valence-corrected chi connectivity index (χ4v) is 2.39. The molecule has 1 N–H and O–H groups in total. The van der Waals surface area contributed by atoms with E-state index in [-0.39, 0.29) is 0 Å². The predicted molar refractivity (Wildman–Crippen MR) is 89.4 cm³/mol. The first kappa shape index (κ1) is 18.7. The number of benzene rings is 2. The number of rotatable bonds is 0. The summed E-state index contributed by atoms with van der Waals surface area (Å²) in [7, 11) is -5.84. The minimum atomic E-state index is -5.84. The number of thiol groups is 1. The molecule has 0 aliphatic carbocycles. The van der Waals surface area contributed by atoms with Crippen LogP contribution in [0.25, 0.3) is 21.9 Å². The van der Waals surface area contributed by atoms with Crippen molar-refractivity contribution in [1.82, 2.24) is 0 Å². The van der Waals surface area contributed by atoms with Crippen molar-refractivity contribution in [2.75, 3.05) is 0 Å². The smallest absolute Gasteiger partial charge is 0.455 e. The monoisotopic (exact) mass is 394 g/mol. The quantitative estimate of drug-likeness (QED) is 0.185. The Bertz CT molecular complexity index is 1060. The Kier molecular flexibility index (Phi) is 5.23. The van der Waals surface area contributed by atoms with Gasteiger partial charge in [-0.1, -0.05) is 30.4 Å². The van der Waals surface area contributed by atoms with Crippen LogP contribution < -0.4 is 0 Å². The van der Waals surface area contributed by atoms with Crippen LogP contribution in [0, 0.1) is 4.51 Å². The summed E-state index contributed by atoms with van der Waals surface area (Å²) >= 11 is 9.84. The molecule has 0 aliphatic heterocycles. The summed E-state index contributed by atoms with van der Waals surface area (Å²) in [6, 6.07) is 13.6. The van der Waals surface area contributed by atoms with Crippen molar-refractivity contribution >= 4 is 56.9 Å². The molecule has 0 spiro atoms. The molecule has 0 bridgehead atoms. The zero-order chi connectivity index (χ0) is 18.1. The van der Waals surface area contributed by atoms with Gasteiger partial charge in [0.25, 0.3) is 0 Å². The Morgan fingerprint density at radius 1 is 1.04 bits per heavy atom. The van der Waals surface area contributed by atoms with E-state index in [1.807, 2.05) is 42.5 Å². The number of para-hydroxylation sites is 2. The van der Waals surface area contributed by atoms with Crippen LogP contribution in [0.4, 0.5) is 13.2 Å². The average molecular weight is 394 g/mol. The molecule has 0 fully saturated rings. The highest BCUT2D eigenvalue weighted by molar-refractivity contribution is 7.86. The van der Waals surface area contributed by atoms with Crippen LogP contribution in [0.3, 0.4) is 0 Å². The Balaban J connectivity index is 0.000000224. The molecule has 4 nitrogen and oxygen atoms in total. The number of halogens is 3. The molecule has 0 unspecified atom stereocenters. The Morgan fingerprint density at radius 3 is 2.17 bits per heavy atom. The van der Waals surface area contributed by atoms with Gasteiger partial charge in [0.05, 0.1) is 4.51 Å². The minimum Gasteiger partial charge on any atom is -0.455 e. The van der Waals surface area contributed by atoms with Crippen LogP contribution in [0.5, 0.6) is 0 Å².